The van der Waals surface area contributed by atoms with Crippen molar-refractivity contribution in [2.75, 3.05) is 49.6 Å². The van der Waals surface area contributed by atoms with Crippen LogP contribution >= 0.6 is 0 Å². The van der Waals surface area contributed by atoms with Crippen molar-refractivity contribution in [3.05, 3.63) is 47.8 Å². The molecule has 0 bridgehead atoms. The summed E-state index contributed by atoms with van der Waals surface area (Å²) in [5, 5.41) is 4.19. The third kappa shape index (κ3) is 3.34. The zero-order valence-corrected chi connectivity index (χ0v) is 18.2. The van der Waals surface area contributed by atoms with E-state index in [1.807, 2.05) is 30.3 Å². The number of carbonyl (C=O) groups is 2. The molecule has 0 aliphatic carbocycles. The van der Waals surface area contributed by atoms with E-state index in [0.29, 0.717) is 43.2 Å². The standard InChI is InChI=1S/C23H26N6O3/c1-3-28-20-16(13-26-21-19(20)4-5-25-21)14-29(23(28)31)17-10-15(11-18(12-17)32-2)22(30)27-8-6-24-7-9-27/h4-5,10-13,24H,3,6-9,14H2,1-2H3,(H,25,26). The van der Waals surface area contributed by atoms with Gasteiger partial charge in [0.25, 0.3) is 5.91 Å². The number of nitrogens with zero attached hydrogens (tertiary/aromatic N) is 4. The van der Waals surface area contributed by atoms with Crippen LogP contribution in [0.3, 0.4) is 0 Å². The smallest absolute Gasteiger partial charge is 0.329 e. The number of methoxy groups -OCH3 is 1. The van der Waals surface area contributed by atoms with Crippen LogP contribution in [0.1, 0.15) is 22.8 Å². The van der Waals surface area contributed by atoms with Gasteiger partial charge in [0.2, 0.25) is 0 Å². The van der Waals surface area contributed by atoms with Crippen molar-refractivity contribution in [2.45, 2.75) is 13.5 Å². The van der Waals surface area contributed by atoms with E-state index in [9.17, 15) is 9.59 Å². The van der Waals surface area contributed by atoms with E-state index in [1.54, 1.807) is 35.1 Å². The van der Waals surface area contributed by atoms with Crippen molar-refractivity contribution < 1.29 is 14.3 Å². The van der Waals surface area contributed by atoms with Gasteiger partial charge in [0.05, 0.1) is 25.0 Å². The van der Waals surface area contributed by atoms with Crippen LogP contribution in [0.15, 0.2) is 36.7 Å². The van der Waals surface area contributed by atoms with E-state index in [-0.39, 0.29) is 11.9 Å². The molecule has 2 aliphatic heterocycles. The average molecular weight is 435 g/mol. The lowest BCUT2D eigenvalue weighted by molar-refractivity contribution is 0.0735. The second kappa shape index (κ2) is 8.16. The molecule has 32 heavy (non-hydrogen) atoms. The number of hydrogen-bond acceptors (Lipinski definition) is 5. The van der Waals surface area contributed by atoms with Gasteiger partial charge in [-0.3, -0.25) is 14.6 Å². The molecule has 3 amide bonds. The van der Waals surface area contributed by atoms with Crippen LogP contribution in [-0.2, 0) is 6.54 Å². The Morgan fingerprint density at radius 2 is 2.03 bits per heavy atom. The number of hydrogen-bond donors (Lipinski definition) is 2. The molecule has 2 N–H and O–H groups in total. The zero-order valence-electron chi connectivity index (χ0n) is 18.2. The molecule has 5 rings (SSSR count). The Morgan fingerprint density at radius 1 is 1.22 bits per heavy atom. The maximum Gasteiger partial charge on any atom is 0.329 e. The molecule has 0 radical (unpaired) electrons. The number of rotatable bonds is 4. The van der Waals surface area contributed by atoms with Crippen LogP contribution in [0.4, 0.5) is 16.2 Å². The number of H-pyrrole nitrogens is 1. The molecule has 2 aromatic heterocycles. The molecular formula is C23H26N6O3. The number of aromatic nitrogens is 2. The third-order valence-electron chi connectivity index (χ3n) is 6.10. The topological polar surface area (TPSA) is 93.8 Å². The molecule has 0 atom stereocenters. The zero-order chi connectivity index (χ0) is 22.2. The van der Waals surface area contributed by atoms with Gasteiger partial charge in [-0.25, -0.2) is 9.78 Å². The van der Waals surface area contributed by atoms with Crippen LogP contribution < -0.4 is 19.9 Å². The normalized spacial score (nSPS) is 16.4. The first-order chi connectivity index (χ1) is 15.6. The molecule has 3 aromatic rings. The predicted octanol–water partition coefficient (Wildman–Crippen LogP) is 2.58. The van der Waals surface area contributed by atoms with E-state index in [4.69, 9.17) is 4.74 Å². The molecule has 9 heteroatoms. The number of benzene rings is 1. The van der Waals surface area contributed by atoms with Crippen LogP contribution in [0, 0.1) is 0 Å². The fourth-order valence-corrected chi connectivity index (χ4v) is 4.47. The summed E-state index contributed by atoms with van der Waals surface area (Å²) in [7, 11) is 1.57. The monoisotopic (exact) mass is 434 g/mol. The van der Waals surface area contributed by atoms with Crippen molar-refractivity contribution in [1.29, 1.82) is 0 Å². The average Bonchev–Trinajstić information content (AvgIpc) is 3.32. The summed E-state index contributed by atoms with van der Waals surface area (Å²) in [6.07, 6.45) is 3.64. The van der Waals surface area contributed by atoms with Gasteiger partial charge < -0.3 is 19.9 Å². The van der Waals surface area contributed by atoms with E-state index in [1.165, 1.54) is 0 Å². The molecule has 166 valence electrons. The van der Waals surface area contributed by atoms with Crippen LogP contribution in [0.5, 0.6) is 5.75 Å². The number of aromatic amines is 1. The molecular weight excluding hydrogens is 408 g/mol. The highest BCUT2D eigenvalue weighted by molar-refractivity contribution is 6.11. The second-order valence-electron chi connectivity index (χ2n) is 7.95. The summed E-state index contributed by atoms with van der Waals surface area (Å²) in [5.74, 6) is 0.487. The Bertz CT molecular complexity index is 1180. The van der Waals surface area contributed by atoms with Crippen molar-refractivity contribution in [2.24, 2.45) is 0 Å². The van der Waals surface area contributed by atoms with Gasteiger partial charge in [-0.15, -0.1) is 0 Å². The van der Waals surface area contributed by atoms with Crippen LogP contribution in [0.2, 0.25) is 0 Å². The first kappa shape index (κ1) is 20.3. The van der Waals surface area contributed by atoms with Gasteiger partial charge in [-0.2, -0.15) is 0 Å². The molecule has 4 heterocycles. The van der Waals surface area contributed by atoms with Gasteiger partial charge in [0.15, 0.2) is 0 Å². The Kier molecular flexibility index (Phi) is 5.18. The fourth-order valence-electron chi connectivity index (χ4n) is 4.47. The van der Waals surface area contributed by atoms with Crippen molar-refractivity contribution in [3.63, 3.8) is 0 Å². The number of urea groups is 1. The number of piperazine rings is 1. The SMILES string of the molecule is CCN1C(=O)N(c2cc(OC)cc(C(=O)N3CCNCC3)c2)Cc2cnc3[nH]ccc3c21. The minimum atomic E-state index is -0.137. The number of carbonyl (C=O) groups excluding carboxylic acids is 2. The molecule has 1 aromatic carbocycles. The Hall–Kier alpha value is -3.59. The Morgan fingerprint density at radius 3 is 2.78 bits per heavy atom. The number of nitrogens with one attached hydrogen (secondary N) is 2. The van der Waals surface area contributed by atoms with Crippen molar-refractivity contribution >= 4 is 34.3 Å². The number of amides is 3. The molecule has 2 aliphatic rings. The lowest BCUT2D eigenvalue weighted by Gasteiger charge is -2.37. The van der Waals surface area contributed by atoms with Gasteiger partial charge in [-0.1, -0.05) is 0 Å². The summed E-state index contributed by atoms with van der Waals surface area (Å²) < 4.78 is 5.48. The number of ether oxygens (including phenoxy) is 1. The summed E-state index contributed by atoms with van der Waals surface area (Å²) in [6.45, 7) is 5.70. The second-order valence-corrected chi connectivity index (χ2v) is 7.95. The van der Waals surface area contributed by atoms with E-state index < -0.39 is 0 Å². The van der Waals surface area contributed by atoms with Gasteiger partial charge in [-0.05, 0) is 25.1 Å². The molecule has 1 saturated heterocycles. The Labute approximate surface area is 186 Å². The highest BCUT2D eigenvalue weighted by Gasteiger charge is 2.33. The predicted molar refractivity (Wildman–Crippen MR) is 122 cm³/mol. The van der Waals surface area contributed by atoms with Crippen molar-refractivity contribution in [3.8, 4) is 5.75 Å². The van der Waals surface area contributed by atoms with Crippen LogP contribution in [0.25, 0.3) is 11.0 Å². The maximum atomic E-state index is 13.5. The Balaban J connectivity index is 1.55. The first-order valence-corrected chi connectivity index (χ1v) is 10.8. The fraction of sp³-hybridized carbons (Fsp3) is 0.348. The summed E-state index contributed by atoms with van der Waals surface area (Å²) in [4.78, 5) is 39.6. The molecule has 0 saturated carbocycles. The molecule has 9 nitrogen and oxygen atoms in total. The first-order valence-electron chi connectivity index (χ1n) is 10.8. The quantitative estimate of drug-likeness (QED) is 0.658. The van der Waals surface area contributed by atoms with E-state index in [0.717, 1.165) is 35.4 Å². The van der Waals surface area contributed by atoms with Crippen LogP contribution in [-0.4, -0.2) is 66.6 Å². The van der Waals surface area contributed by atoms with Gasteiger partial charge in [0, 0.05) is 67.7 Å². The number of fused-ring (bicyclic) bond motifs is 3. The van der Waals surface area contributed by atoms with Crippen molar-refractivity contribution in [1.82, 2.24) is 20.2 Å². The molecule has 1 fully saturated rings. The molecule has 0 spiro atoms. The molecule has 0 unspecified atom stereocenters. The number of pyridine rings is 1. The summed E-state index contributed by atoms with van der Waals surface area (Å²) in [5.41, 5.74) is 3.75. The lowest BCUT2D eigenvalue weighted by Crippen LogP contribution is -2.48. The highest BCUT2D eigenvalue weighted by atomic mass is 16.5. The number of anilines is 2. The minimum Gasteiger partial charge on any atom is -0.497 e. The van der Waals surface area contributed by atoms with E-state index in [2.05, 4.69) is 15.3 Å². The minimum absolute atomic E-state index is 0.0560. The van der Waals surface area contributed by atoms with E-state index >= 15 is 0 Å². The van der Waals surface area contributed by atoms with Gasteiger partial charge in [0.1, 0.15) is 11.4 Å². The summed E-state index contributed by atoms with van der Waals surface area (Å²) >= 11 is 0. The highest BCUT2D eigenvalue weighted by Crippen LogP contribution is 2.37. The largest absolute Gasteiger partial charge is 0.497 e. The summed E-state index contributed by atoms with van der Waals surface area (Å²) in [6, 6.07) is 7.13. The third-order valence-corrected chi connectivity index (χ3v) is 6.10. The maximum absolute atomic E-state index is 13.5. The van der Waals surface area contributed by atoms with Gasteiger partial charge >= 0.3 is 6.03 Å². The lowest BCUT2D eigenvalue weighted by atomic mass is 10.1.